The molecule has 0 bridgehead atoms. The third-order valence-corrected chi connectivity index (χ3v) is 3.32. The minimum absolute atomic E-state index is 0.0260. The van der Waals surface area contributed by atoms with Crippen LogP contribution in [0, 0.1) is 10.7 Å². The summed E-state index contributed by atoms with van der Waals surface area (Å²) in [5.74, 6) is 1.84. The average molecular weight is 300 g/mol. The van der Waals surface area contributed by atoms with Gasteiger partial charge in [0, 0.05) is 0 Å². The van der Waals surface area contributed by atoms with Crippen LogP contribution in [0.4, 0.5) is 0 Å². The molecule has 1 N–H and O–H groups in total. The molecule has 0 radical (unpaired) electrons. The normalized spacial score (nSPS) is 10.5. The van der Waals surface area contributed by atoms with E-state index in [9.17, 15) is 4.79 Å². The fraction of sp³-hybridized carbons (Fsp3) is 0.0833. The van der Waals surface area contributed by atoms with E-state index in [-0.39, 0.29) is 15.0 Å². The van der Waals surface area contributed by atoms with Crippen LogP contribution in [0.5, 0.6) is 0 Å². The van der Waals surface area contributed by atoms with Crippen molar-refractivity contribution in [3.8, 4) is 10.7 Å². The third kappa shape index (κ3) is 5.04. The zero-order chi connectivity index (χ0) is 12.0. The number of aliphatic carboxylic acids is 1. The molecule has 2 nitrogen and oxygen atoms in total. The Morgan fingerprint density at radius 3 is 2.62 bits per heavy atom. The SMILES string of the molecule is C/C(C#C[Se]c1ccc(Cl)cc1)=C\C(=O)O. The summed E-state index contributed by atoms with van der Waals surface area (Å²) in [6.07, 6.45) is 1.10. The number of halogens is 1. The van der Waals surface area contributed by atoms with Crippen molar-refractivity contribution in [1.29, 1.82) is 0 Å². The van der Waals surface area contributed by atoms with E-state index in [1.165, 1.54) is 0 Å². The van der Waals surface area contributed by atoms with Crippen LogP contribution in [0.25, 0.3) is 0 Å². The van der Waals surface area contributed by atoms with E-state index in [1.807, 2.05) is 24.3 Å². The molecular weight excluding hydrogens is 291 g/mol. The fourth-order valence-corrected chi connectivity index (χ4v) is 2.28. The third-order valence-electron chi connectivity index (χ3n) is 1.57. The van der Waals surface area contributed by atoms with E-state index >= 15 is 0 Å². The van der Waals surface area contributed by atoms with Crippen LogP contribution in [-0.2, 0) is 4.79 Å². The molecule has 0 aliphatic carbocycles. The van der Waals surface area contributed by atoms with Gasteiger partial charge in [-0.15, -0.1) is 0 Å². The number of allylic oxidation sites excluding steroid dienone is 1. The van der Waals surface area contributed by atoms with Gasteiger partial charge in [0.05, 0.1) is 0 Å². The molecule has 4 heteroatoms. The molecule has 0 heterocycles. The molecule has 16 heavy (non-hydrogen) atoms. The molecule has 0 aliphatic heterocycles. The van der Waals surface area contributed by atoms with Gasteiger partial charge >= 0.3 is 105 Å². The Hall–Kier alpha value is -1.20. The zero-order valence-corrected chi connectivity index (χ0v) is 11.0. The van der Waals surface area contributed by atoms with E-state index in [4.69, 9.17) is 16.7 Å². The van der Waals surface area contributed by atoms with Crippen molar-refractivity contribution in [2.75, 3.05) is 0 Å². The molecular formula is C12H9ClO2Se. The van der Waals surface area contributed by atoms with E-state index in [0.29, 0.717) is 10.6 Å². The maximum absolute atomic E-state index is 10.3. The van der Waals surface area contributed by atoms with Crippen molar-refractivity contribution in [2.24, 2.45) is 0 Å². The standard InChI is InChI=1S/C12H9ClO2Se/c1-9(8-12(14)15)6-7-16-11-4-2-10(13)3-5-11/h2-5,8H,1H3,(H,14,15)/b9-8+. The summed E-state index contributed by atoms with van der Waals surface area (Å²) >= 11 is 5.78. The summed E-state index contributed by atoms with van der Waals surface area (Å²) in [4.78, 5) is 13.3. The van der Waals surface area contributed by atoms with Gasteiger partial charge in [0.25, 0.3) is 0 Å². The second-order valence-electron chi connectivity index (χ2n) is 2.95. The molecule has 1 aromatic rings. The quantitative estimate of drug-likeness (QED) is 0.512. The minimum atomic E-state index is -0.967. The van der Waals surface area contributed by atoms with Crippen molar-refractivity contribution >= 4 is 37.0 Å². The Morgan fingerprint density at radius 1 is 1.44 bits per heavy atom. The van der Waals surface area contributed by atoms with Crippen molar-refractivity contribution in [2.45, 2.75) is 6.92 Å². The second kappa shape index (κ2) is 6.40. The van der Waals surface area contributed by atoms with Gasteiger partial charge in [-0.3, -0.25) is 0 Å². The van der Waals surface area contributed by atoms with Crippen molar-refractivity contribution < 1.29 is 9.90 Å². The Morgan fingerprint density at radius 2 is 2.06 bits per heavy atom. The molecule has 0 aromatic heterocycles. The Bertz CT molecular complexity index is 466. The number of hydrogen-bond acceptors (Lipinski definition) is 1. The first-order valence-electron chi connectivity index (χ1n) is 4.42. The van der Waals surface area contributed by atoms with Crippen molar-refractivity contribution in [3.63, 3.8) is 0 Å². The summed E-state index contributed by atoms with van der Waals surface area (Å²) in [7, 11) is 0. The van der Waals surface area contributed by atoms with Gasteiger partial charge in [-0.1, -0.05) is 0 Å². The van der Waals surface area contributed by atoms with Gasteiger partial charge in [-0.05, 0) is 0 Å². The van der Waals surface area contributed by atoms with E-state index in [2.05, 4.69) is 10.7 Å². The van der Waals surface area contributed by atoms with Gasteiger partial charge in [0.2, 0.25) is 0 Å². The molecule has 0 unspecified atom stereocenters. The van der Waals surface area contributed by atoms with Crippen LogP contribution in [0.15, 0.2) is 35.9 Å². The predicted molar refractivity (Wildman–Crippen MR) is 66.0 cm³/mol. The van der Waals surface area contributed by atoms with Crippen LogP contribution in [0.2, 0.25) is 5.02 Å². The molecule has 0 saturated carbocycles. The second-order valence-corrected chi connectivity index (χ2v) is 5.23. The van der Waals surface area contributed by atoms with Gasteiger partial charge < -0.3 is 0 Å². The van der Waals surface area contributed by atoms with Crippen LogP contribution >= 0.6 is 11.6 Å². The Labute approximate surface area is 105 Å². The van der Waals surface area contributed by atoms with Crippen molar-refractivity contribution in [3.05, 3.63) is 40.9 Å². The molecule has 0 fully saturated rings. The zero-order valence-electron chi connectivity index (χ0n) is 8.53. The summed E-state index contributed by atoms with van der Waals surface area (Å²) in [6, 6.07) is 7.49. The first-order chi connectivity index (χ1) is 7.58. The summed E-state index contributed by atoms with van der Waals surface area (Å²) in [5.41, 5.74) is 0.559. The Kier molecular flexibility index (Phi) is 5.14. The number of carbonyl (C=O) groups is 1. The molecule has 0 atom stereocenters. The molecule has 0 saturated heterocycles. The Balaban J connectivity index is 2.61. The van der Waals surface area contributed by atoms with Gasteiger partial charge in [0.1, 0.15) is 0 Å². The van der Waals surface area contributed by atoms with Crippen LogP contribution in [-0.4, -0.2) is 26.0 Å². The molecule has 82 valence electrons. The number of rotatable bonds is 2. The van der Waals surface area contributed by atoms with Crippen LogP contribution < -0.4 is 4.46 Å². The van der Waals surface area contributed by atoms with Gasteiger partial charge in [-0.2, -0.15) is 0 Å². The first-order valence-corrected chi connectivity index (χ1v) is 6.51. The van der Waals surface area contributed by atoms with E-state index < -0.39 is 5.97 Å². The van der Waals surface area contributed by atoms with Gasteiger partial charge in [0.15, 0.2) is 0 Å². The number of hydrogen-bond donors (Lipinski definition) is 1. The number of carboxylic acid groups (broad SMARTS) is 1. The van der Waals surface area contributed by atoms with E-state index in [0.717, 1.165) is 10.5 Å². The van der Waals surface area contributed by atoms with Crippen LogP contribution in [0.3, 0.4) is 0 Å². The molecule has 1 aromatic carbocycles. The maximum atomic E-state index is 10.3. The van der Waals surface area contributed by atoms with Gasteiger partial charge in [-0.25, -0.2) is 0 Å². The van der Waals surface area contributed by atoms with Crippen molar-refractivity contribution in [1.82, 2.24) is 0 Å². The predicted octanol–water partition coefficient (Wildman–Crippen LogP) is 1.66. The average Bonchev–Trinajstić information content (AvgIpc) is 2.20. The molecule has 0 spiro atoms. The number of benzene rings is 1. The fourth-order valence-electron chi connectivity index (χ4n) is 0.889. The summed E-state index contributed by atoms with van der Waals surface area (Å²) in [6.45, 7) is 1.68. The first kappa shape index (κ1) is 12.9. The summed E-state index contributed by atoms with van der Waals surface area (Å²) < 4.78 is 1.12. The van der Waals surface area contributed by atoms with Crippen LogP contribution in [0.1, 0.15) is 6.92 Å². The molecule has 1 rings (SSSR count). The molecule has 0 amide bonds. The molecule has 0 aliphatic rings. The topological polar surface area (TPSA) is 37.3 Å². The van der Waals surface area contributed by atoms with E-state index in [1.54, 1.807) is 6.92 Å². The summed E-state index contributed by atoms with van der Waals surface area (Å²) in [5, 5.41) is 9.18. The monoisotopic (exact) mass is 300 g/mol. The number of carboxylic acids is 1.